The molecule has 1 atom stereocenters. The molecule has 2 amide bonds. The van der Waals surface area contributed by atoms with Gasteiger partial charge in [-0.3, -0.25) is 9.59 Å². The Morgan fingerprint density at radius 1 is 1.39 bits per heavy atom. The number of hydrogen-bond acceptors (Lipinski definition) is 2. The van der Waals surface area contributed by atoms with Crippen molar-refractivity contribution in [1.29, 1.82) is 0 Å². The standard InChI is InChI=1S/C14H24N2O2/c1-6-13(17)16-8-7-15(11(4)5)14(18)12(16)9-10(2)3/h6,10-12H,1,7-9H2,2-5H3. The van der Waals surface area contributed by atoms with Gasteiger partial charge in [-0.25, -0.2) is 0 Å². The average molecular weight is 252 g/mol. The van der Waals surface area contributed by atoms with Crippen LogP contribution in [0.3, 0.4) is 0 Å². The van der Waals surface area contributed by atoms with E-state index < -0.39 is 0 Å². The van der Waals surface area contributed by atoms with E-state index in [2.05, 4.69) is 20.4 Å². The Hall–Kier alpha value is -1.32. The van der Waals surface area contributed by atoms with Gasteiger partial charge in [-0.15, -0.1) is 0 Å². The highest BCUT2D eigenvalue weighted by atomic mass is 16.2. The van der Waals surface area contributed by atoms with Crippen molar-refractivity contribution in [3.05, 3.63) is 12.7 Å². The predicted molar refractivity (Wildman–Crippen MR) is 72.0 cm³/mol. The molecule has 0 spiro atoms. The highest BCUT2D eigenvalue weighted by Crippen LogP contribution is 2.20. The molecular weight excluding hydrogens is 228 g/mol. The second kappa shape index (κ2) is 6.03. The largest absolute Gasteiger partial charge is 0.337 e. The molecule has 0 radical (unpaired) electrons. The van der Waals surface area contributed by atoms with Crippen molar-refractivity contribution in [2.45, 2.75) is 46.2 Å². The lowest BCUT2D eigenvalue weighted by Gasteiger charge is -2.42. The third-order valence-electron chi connectivity index (χ3n) is 3.30. The van der Waals surface area contributed by atoms with Crippen molar-refractivity contribution in [2.75, 3.05) is 13.1 Å². The van der Waals surface area contributed by atoms with Gasteiger partial charge in [0.25, 0.3) is 0 Å². The molecule has 4 nitrogen and oxygen atoms in total. The normalized spacial score (nSPS) is 20.8. The second-order valence-corrected chi connectivity index (χ2v) is 5.51. The van der Waals surface area contributed by atoms with E-state index >= 15 is 0 Å². The zero-order chi connectivity index (χ0) is 13.9. The minimum absolute atomic E-state index is 0.0696. The van der Waals surface area contributed by atoms with Crippen LogP contribution in [0.1, 0.15) is 34.1 Å². The van der Waals surface area contributed by atoms with Gasteiger partial charge in [0.1, 0.15) is 6.04 Å². The summed E-state index contributed by atoms with van der Waals surface area (Å²) in [5.74, 6) is 0.309. The fraction of sp³-hybridized carbons (Fsp3) is 0.714. The molecule has 0 bridgehead atoms. The number of carbonyl (C=O) groups excluding carboxylic acids is 2. The zero-order valence-corrected chi connectivity index (χ0v) is 11.8. The molecule has 18 heavy (non-hydrogen) atoms. The van der Waals surface area contributed by atoms with Crippen LogP contribution in [0.15, 0.2) is 12.7 Å². The molecule has 1 heterocycles. The molecule has 1 saturated heterocycles. The molecule has 0 aromatic carbocycles. The summed E-state index contributed by atoms with van der Waals surface area (Å²) in [6.07, 6.45) is 2.01. The Balaban J connectivity index is 2.92. The first-order chi connectivity index (χ1) is 8.38. The Bertz CT molecular complexity index is 337. The number of amides is 2. The van der Waals surface area contributed by atoms with E-state index in [9.17, 15) is 9.59 Å². The molecule has 0 aliphatic carbocycles. The summed E-state index contributed by atoms with van der Waals surface area (Å²) in [4.78, 5) is 27.8. The van der Waals surface area contributed by atoms with E-state index in [4.69, 9.17) is 0 Å². The van der Waals surface area contributed by atoms with Crippen molar-refractivity contribution in [1.82, 2.24) is 9.80 Å². The minimum Gasteiger partial charge on any atom is -0.337 e. The quantitative estimate of drug-likeness (QED) is 0.714. The van der Waals surface area contributed by atoms with Crippen LogP contribution in [0.4, 0.5) is 0 Å². The summed E-state index contributed by atoms with van der Waals surface area (Å²) in [6.45, 7) is 12.9. The van der Waals surface area contributed by atoms with Gasteiger partial charge in [0.2, 0.25) is 11.8 Å². The van der Waals surface area contributed by atoms with E-state index in [-0.39, 0.29) is 23.9 Å². The maximum atomic E-state index is 12.4. The van der Waals surface area contributed by atoms with E-state index in [0.29, 0.717) is 25.4 Å². The summed E-state index contributed by atoms with van der Waals surface area (Å²) in [7, 11) is 0. The molecule has 0 aromatic heterocycles. The molecule has 1 unspecified atom stereocenters. The number of hydrogen-bond donors (Lipinski definition) is 0. The van der Waals surface area contributed by atoms with E-state index in [1.54, 1.807) is 4.90 Å². The first-order valence-electron chi connectivity index (χ1n) is 6.62. The van der Waals surface area contributed by atoms with Crippen LogP contribution < -0.4 is 0 Å². The Kier molecular flexibility index (Phi) is 4.93. The maximum Gasteiger partial charge on any atom is 0.246 e. The van der Waals surface area contributed by atoms with Crippen LogP contribution >= 0.6 is 0 Å². The Morgan fingerprint density at radius 3 is 2.44 bits per heavy atom. The molecule has 0 saturated carbocycles. The van der Waals surface area contributed by atoms with Gasteiger partial charge in [0, 0.05) is 19.1 Å². The van der Waals surface area contributed by atoms with Gasteiger partial charge >= 0.3 is 0 Å². The summed E-state index contributed by atoms with van der Waals surface area (Å²) in [5, 5.41) is 0. The lowest BCUT2D eigenvalue weighted by atomic mass is 9.98. The molecule has 1 fully saturated rings. The van der Waals surface area contributed by atoms with Crippen LogP contribution in [-0.4, -0.2) is 46.8 Å². The monoisotopic (exact) mass is 252 g/mol. The summed E-state index contributed by atoms with van der Waals surface area (Å²) < 4.78 is 0. The lowest BCUT2D eigenvalue weighted by molar-refractivity contribution is -0.151. The van der Waals surface area contributed by atoms with Crippen molar-refractivity contribution in [2.24, 2.45) is 5.92 Å². The molecule has 102 valence electrons. The topological polar surface area (TPSA) is 40.6 Å². The third-order valence-corrected chi connectivity index (χ3v) is 3.30. The fourth-order valence-corrected chi connectivity index (χ4v) is 2.37. The fourth-order valence-electron chi connectivity index (χ4n) is 2.37. The maximum absolute atomic E-state index is 12.4. The minimum atomic E-state index is -0.327. The van der Waals surface area contributed by atoms with Gasteiger partial charge in [0.05, 0.1) is 0 Å². The third kappa shape index (κ3) is 3.12. The highest BCUT2D eigenvalue weighted by Gasteiger charge is 2.37. The Morgan fingerprint density at radius 2 is 2.00 bits per heavy atom. The number of nitrogens with zero attached hydrogens (tertiary/aromatic N) is 2. The second-order valence-electron chi connectivity index (χ2n) is 5.51. The molecule has 1 aliphatic heterocycles. The van der Waals surface area contributed by atoms with Crippen LogP contribution in [-0.2, 0) is 9.59 Å². The average Bonchev–Trinajstić information content (AvgIpc) is 2.29. The summed E-state index contributed by atoms with van der Waals surface area (Å²) in [5.41, 5.74) is 0. The van der Waals surface area contributed by atoms with Gasteiger partial charge < -0.3 is 9.80 Å². The first kappa shape index (κ1) is 14.7. The van der Waals surface area contributed by atoms with Crippen molar-refractivity contribution in [3.63, 3.8) is 0 Å². The predicted octanol–water partition coefficient (Wildman–Crippen LogP) is 1.67. The van der Waals surface area contributed by atoms with Gasteiger partial charge in [-0.05, 0) is 32.3 Å². The SMILES string of the molecule is C=CC(=O)N1CCN(C(C)C)C(=O)C1CC(C)C. The Labute approximate surface area is 110 Å². The zero-order valence-electron chi connectivity index (χ0n) is 11.8. The smallest absolute Gasteiger partial charge is 0.246 e. The molecule has 0 N–H and O–H groups in total. The van der Waals surface area contributed by atoms with Gasteiger partial charge in [-0.2, -0.15) is 0 Å². The first-order valence-corrected chi connectivity index (χ1v) is 6.62. The molecule has 1 aliphatic rings. The molecule has 4 heteroatoms. The van der Waals surface area contributed by atoms with E-state index in [0.717, 1.165) is 0 Å². The van der Waals surface area contributed by atoms with Crippen molar-refractivity contribution in [3.8, 4) is 0 Å². The summed E-state index contributed by atoms with van der Waals surface area (Å²) in [6, 6.07) is -0.139. The van der Waals surface area contributed by atoms with Crippen LogP contribution in [0.5, 0.6) is 0 Å². The van der Waals surface area contributed by atoms with Crippen LogP contribution in [0.25, 0.3) is 0 Å². The molecule has 1 rings (SSSR count). The van der Waals surface area contributed by atoms with Gasteiger partial charge in [0.15, 0.2) is 0 Å². The highest BCUT2D eigenvalue weighted by molar-refractivity contribution is 5.93. The number of rotatable bonds is 4. The van der Waals surface area contributed by atoms with Crippen LogP contribution in [0, 0.1) is 5.92 Å². The van der Waals surface area contributed by atoms with Crippen molar-refractivity contribution >= 4 is 11.8 Å². The van der Waals surface area contributed by atoms with E-state index in [1.165, 1.54) is 6.08 Å². The lowest BCUT2D eigenvalue weighted by Crippen LogP contribution is -2.60. The van der Waals surface area contributed by atoms with Crippen molar-refractivity contribution < 1.29 is 9.59 Å². The van der Waals surface area contributed by atoms with E-state index in [1.807, 2.05) is 18.7 Å². The number of piperazine rings is 1. The number of carbonyl (C=O) groups is 2. The van der Waals surface area contributed by atoms with Gasteiger partial charge in [-0.1, -0.05) is 20.4 Å². The molecule has 0 aromatic rings. The van der Waals surface area contributed by atoms with Crippen LogP contribution in [0.2, 0.25) is 0 Å². The summed E-state index contributed by atoms with van der Waals surface area (Å²) >= 11 is 0. The molecular formula is C14H24N2O2.